The van der Waals surface area contributed by atoms with Crippen molar-refractivity contribution in [3.05, 3.63) is 76.9 Å². The van der Waals surface area contributed by atoms with Gasteiger partial charge in [0.2, 0.25) is 0 Å². The van der Waals surface area contributed by atoms with E-state index in [0.717, 1.165) is 31.5 Å². The molecule has 1 aliphatic rings. The number of aromatic amines is 1. The van der Waals surface area contributed by atoms with Gasteiger partial charge in [0.05, 0.1) is 12.6 Å². The number of benzene rings is 2. The summed E-state index contributed by atoms with van der Waals surface area (Å²) < 4.78 is 6.28. The smallest absolute Gasteiger partial charge is 0.390 e. The minimum Gasteiger partial charge on any atom is -0.390 e. The van der Waals surface area contributed by atoms with Crippen LogP contribution in [0.3, 0.4) is 0 Å². The number of nitrogens with zero attached hydrogens (tertiary/aromatic N) is 3. The molecule has 0 aliphatic carbocycles. The van der Waals surface area contributed by atoms with Crippen LogP contribution in [0.4, 0.5) is 0 Å². The van der Waals surface area contributed by atoms with Crippen LogP contribution in [0.1, 0.15) is 24.3 Å². The standard InChI is InChI=1S/C24H26N4O3/c29-19(16-28-23(26-31-24(28)30)18-6-2-1-3-7-18)15-27-12-10-17(11-13-27)21-14-25-22-9-5-4-8-20(21)22/h1-9,14,17,19,25,29H,10-13,15-16H2. The van der Waals surface area contributed by atoms with E-state index in [1.54, 1.807) is 0 Å². The fraction of sp³-hybridized carbons (Fsp3) is 0.333. The highest BCUT2D eigenvalue weighted by Gasteiger charge is 2.25. The molecule has 1 saturated heterocycles. The summed E-state index contributed by atoms with van der Waals surface area (Å²) in [5.41, 5.74) is 3.36. The Balaban J connectivity index is 1.21. The Labute approximate surface area is 179 Å². The number of likely N-dealkylation sites (tertiary alicyclic amines) is 1. The third kappa shape index (κ3) is 4.06. The Morgan fingerprint density at radius 2 is 1.81 bits per heavy atom. The van der Waals surface area contributed by atoms with Gasteiger partial charge in [0.25, 0.3) is 0 Å². The highest BCUT2D eigenvalue weighted by Crippen LogP contribution is 2.33. The Kier molecular flexibility index (Phi) is 5.44. The Hall–Kier alpha value is -3.16. The monoisotopic (exact) mass is 418 g/mol. The molecule has 31 heavy (non-hydrogen) atoms. The first kappa shape index (κ1) is 19.8. The van der Waals surface area contributed by atoms with Crippen LogP contribution >= 0.6 is 0 Å². The number of fused-ring (bicyclic) bond motifs is 1. The first-order valence-corrected chi connectivity index (χ1v) is 10.8. The summed E-state index contributed by atoms with van der Waals surface area (Å²) in [5, 5.41) is 15.9. The van der Waals surface area contributed by atoms with Crippen LogP contribution in [0.15, 0.2) is 70.1 Å². The molecular formula is C24H26N4O3. The van der Waals surface area contributed by atoms with Gasteiger partial charge in [0.15, 0.2) is 5.82 Å². The zero-order chi connectivity index (χ0) is 21.2. The van der Waals surface area contributed by atoms with Gasteiger partial charge in [-0.05, 0) is 43.5 Å². The average Bonchev–Trinajstić information content (AvgIpc) is 3.39. The summed E-state index contributed by atoms with van der Waals surface area (Å²) in [4.78, 5) is 17.8. The minimum absolute atomic E-state index is 0.162. The van der Waals surface area contributed by atoms with E-state index in [1.165, 1.54) is 21.0 Å². The van der Waals surface area contributed by atoms with E-state index in [-0.39, 0.29) is 6.54 Å². The van der Waals surface area contributed by atoms with Gasteiger partial charge < -0.3 is 15.0 Å². The highest BCUT2D eigenvalue weighted by molar-refractivity contribution is 5.83. The van der Waals surface area contributed by atoms with Crippen molar-refractivity contribution >= 4 is 10.9 Å². The van der Waals surface area contributed by atoms with Crippen LogP contribution in [0.5, 0.6) is 0 Å². The molecule has 0 radical (unpaired) electrons. The number of H-pyrrole nitrogens is 1. The van der Waals surface area contributed by atoms with Crippen LogP contribution in [0.2, 0.25) is 0 Å². The maximum Gasteiger partial charge on any atom is 0.441 e. The van der Waals surface area contributed by atoms with Crippen LogP contribution in [-0.2, 0) is 6.54 Å². The number of aliphatic hydroxyl groups is 1. The summed E-state index contributed by atoms with van der Waals surface area (Å²) in [5.74, 6) is 0.425. The summed E-state index contributed by atoms with van der Waals surface area (Å²) in [6.07, 6.45) is 3.57. The lowest BCUT2D eigenvalue weighted by molar-refractivity contribution is 0.0837. The van der Waals surface area contributed by atoms with Crippen molar-refractivity contribution in [1.82, 2.24) is 19.6 Å². The predicted molar refractivity (Wildman–Crippen MR) is 119 cm³/mol. The number of hydrogen-bond acceptors (Lipinski definition) is 5. The summed E-state index contributed by atoms with van der Waals surface area (Å²) in [6.45, 7) is 2.53. The van der Waals surface area contributed by atoms with Crippen molar-refractivity contribution in [1.29, 1.82) is 0 Å². The van der Waals surface area contributed by atoms with Gasteiger partial charge in [-0.25, -0.2) is 4.79 Å². The average molecular weight is 418 g/mol. The molecule has 2 aromatic heterocycles. The van der Waals surface area contributed by atoms with Gasteiger partial charge in [0, 0.05) is 29.2 Å². The van der Waals surface area contributed by atoms with Crippen LogP contribution < -0.4 is 5.76 Å². The molecule has 5 rings (SSSR count). The fourth-order valence-electron chi connectivity index (χ4n) is 4.65. The fourth-order valence-corrected chi connectivity index (χ4v) is 4.65. The zero-order valence-electron chi connectivity index (χ0n) is 17.3. The maximum atomic E-state index is 12.1. The van der Waals surface area contributed by atoms with Crippen LogP contribution in [0, 0.1) is 0 Å². The van der Waals surface area contributed by atoms with Crippen LogP contribution in [0.25, 0.3) is 22.3 Å². The van der Waals surface area contributed by atoms with Crippen molar-refractivity contribution in [2.24, 2.45) is 0 Å². The summed E-state index contributed by atoms with van der Waals surface area (Å²) in [6, 6.07) is 17.8. The highest BCUT2D eigenvalue weighted by atomic mass is 16.5. The SMILES string of the molecule is O=c1onc(-c2ccccc2)n1CC(O)CN1CCC(c2c[nH]c3ccccc23)CC1. The van der Waals surface area contributed by atoms with Crippen molar-refractivity contribution < 1.29 is 9.63 Å². The molecule has 1 unspecified atom stereocenters. The lowest BCUT2D eigenvalue weighted by Gasteiger charge is -2.33. The molecule has 7 nitrogen and oxygen atoms in total. The van der Waals surface area contributed by atoms with Gasteiger partial charge in [-0.3, -0.25) is 9.09 Å². The number of para-hydroxylation sites is 1. The Morgan fingerprint density at radius 3 is 2.61 bits per heavy atom. The molecule has 4 aromatic rings. The van der Waals surface area contributed by atoms with E-state index in [4.69, 9.17) is 4.52 Å². The first-order valence-electron chi connectivity index (χ1n) is 10.8. The number of β-amino-alcohol motifs (C(OH)–C–C–N with tert-alkyl or cyclic N) is 1. The normalized spacial score (nSPS) is 16.7. The number of aromatic nitrogens is 3. The molecule has 0 amide bonds. The summed E-state index contributed by atoms with van der Waals surface area (Å²) >= 11 is 0. The molecule has 1 fully saturated rings. The Morgan fingerprint density at radius 1 is 1.06 bits per heavy atom. The molecule has 2 aromatic carbocycles. The second kappa shape index (κ2) is 8.53. The van der Waals surface area contributed by atoms with Crippen molar-refractivity contribution in [3.63, 3.8) is 0 Å². The van der Waals surface area contributed by atoms with Gasteiger partial charge in [0.1, 0.15) is 0 Å². The topological polar surface area (TPSA) is 87.3 Å². The quantitative estimate of drug-likeness (QED) is 0.502. The number of aliphatic hydroxyl groups excluding tert-OH is 1. The molecule has 3 heterocycles. The molecule has 0 spiro atoms. The van der Waals surface area contributed by atoms with E-state index in [0.29, 0.717) is 18.3 Å². The van der Waals surface area contributed by atoms with E-state index in [9.17, 15) is 9.90 Å². The third-order valence-electron chi connectivity index (χ3n) is 6.23. The molecule has 2 N–H and O–H groups in total. The minimum atomic E-state index is -0.677. The van der Waals surface area contributed by atoms with Crippen molar-refractivity contribution in [3.8, 4) is 11.4 Å². The van der Waals surface area contributed by atoms with Gasteiger partial charge in [-0.15, -0.1) is 0 Å². The number of hydrogen-bond donors (Lipinski definition) is 2. The van der Waals surface area contributed by atoms with Crippen molar-refractivity contribution in [2.75, 3.05) is 19.6 Å². The molecule has 0 bridgehead atoms. The lowest BCUT2D eigenvalue weighted by Crippen LogP contribution is -2.40. The van der Waals surface area contributed by atoms with E-state index >= 15 is 0 Å². The molecule has 1 aliphatic heterocycles. The number of piperidine rings is 1. The van der Waals surface area contributed by atoms with E-state index in [1.807, 2.05) is 30.3 Å². The number of rotatable bonds is 6. The first-order chi connectivity index (χ1) is 15.2. The summed E-state index contributed by atoms with van der Waals surface area (Å²) in [7, 11) is 0. The largest absolute Gasteiger partial charge is 0.441 e. The van der Waals surface area contributed by atoms with E-state index < -0.39 is 11.9 Å². The Bertz CT molecular complexity index is 1200. The van der Waals surface area contributed by atoms with Crippen LogP contribution in [-0.4, -0.2) is 50.5 Å². The van der Waals surface area contributed by atoms with Gasteiger partial charge in [-0.2, -0.15) is 0 Å². The van der Waals surface area contributed by atoms with Gasteiger partial charge in [-0.1, -0.05) is 53.7 Å². The lowest BCUT2D eigenvalue weighted by atomic mass is 9.89. The molecular weight excluding hydrogens is 392 g/mol. The maximum absolute atomic E-state index is 12.1. The molecule has 1 atom stereocenters. The second-order valence-corrected chi connectivity index (χ2v) is 8.27. The van der Waals surface area contributed by atoms with Gasteiger partial charge >= 0.3 is 5.76 Å². The second-order valence-electron chi connectivity index (χ2n) is 8.27. The van der Waals surface area contributed by atoms with Crippen molar-refractivity contribution in [2.45, 2.75) is 31.4 Å². The number of nitrogens with one attached hydrogen (secondary N) is 1. The molecule has 7 heteroatoms. The molecule has 160 valence electrons. The predicted octanol–water partition coefficient (Wildman–Crippen LogP) is 3.23. The zero-order valence-corrected chi connectivity index (χ0v) is 17.3. The third-order valence-corrected chi connectivity index (χ3v) is 6.23. The van der Waals surface area contributed by atoms with E-state index in [2.05, 4.69) is 45.5 Å². The molecule has 0 saturated carbocycles.